The smallest absolute Gasteiger partial charge is 0.339 e. The van der Waals surface area contributed by atoms with Gasteiger partial charge in [0.2, 0.25) is 15.8 Å². The molecule has 0 aliphatic carbocycles. The lowest BCUT2D eigenvalue weighted by Gasteiger charge is -2.11. The molecule has 0 spiro atoms. The van der Waals surface area contributed by atoms with Crippen molar-refractivity contribution in [2.45, 2.75) is 38.0 Å². The summed E-state index contributed by atoms with van der Waals surface area (Å²) in [6, 6.07) is 1.09. The van der Waals surface area contributed by atoms with E-state index in [-0.39, 0.29) is 21.2 Å². The summed E-state index contributed by atoms with van der Waals surface area (Å²) in [4.78, 5) is 39.2. The third-order valence-electron chi connectivity index (χ3n) is 3.78. The Labute approximate surface area is 154 Å². The first-order valence-corrected chi connectivity index (χ1v) is 9.92. The number of hydrogen-bond acceptors (Lipinski definition) is 7. The van der Waals surface area contributed by atoms with Crippen molar-refractivity contribution in [1.29, 1.82) is 0 Å². The van der Waals surface area contributed by atoms with Gasteiger partial charge in [-0.25, -0.2) is 18.4 Å². The summed E-state index contributed by atoms with van der Waals surface area (Å²) in [5, 5.41) is 6.29. The van der Waals surface area contributed by atoms with Crippen LogP contribution in [0.3, 0.4) is 0 Å². The van der Waals surface area contributed by atoms with Gasteiger partial charge in [0.05, 0.1) is 11.3 Å². The zero-order chi connectivity index (χ0) is 19.8. The number of esters is 1. The SMILES string of the molecule is CC(=O)c1c(C)[nH]c(C(=O)[C@@H](C)OC(=O)c2csc(S(N)(=O)=O)c2)c1C. The third kappa shape index (κ3) is 3.92. The second-order valence-electron chi connectivity index (χ2n) is 5.79. The topological polar surface area (TPSA) is 136 Å². The maximum Gasteiger partial charge on any atom is 0.339 e. The Balaban J connectivity index is 2.19. The Kier molecular flexibility index (Phi) is 5.49. The van der Waals surface area contributed by atoms with Crippen LogP contribution in [0.1, 0.15) is 56.3 Å². The molecule has 8 nitrogen and oxygen atoms in total. The van der Waals surface area contributed by atoms with E-state index < -0.39 is 27.9 Å². The number of aromatic amines is 1. The number of sulfonamides is 1. The Bertz CT molecular complexity index is 1000. The normalized spacial score (nSPS) is 12.7. The summed E-state index contributed by atoms with van der Waals surface area (Å²) in [5.41, 5.74) is 1.68. The highest BCUT2D eigenvalue weighted by atomic mass is 32.2. The van der Waals surface area contributed by atoms with Gasteiger partial charge >= 0.3 is 5.97 Å². The predicted molar refractivity (Wildman–Crippen MR) is 95.2 cm³/mol. The lowest BCUT2D eigenvalue weighted by molar-refractivity contribution is 0.0317. The van der Waals surface area contributed by atoms with E-state index in [0.29, 0.717) is 16.8 Å². The van der Waals surface area contributed by atoms with E-state index in [4.69, 9.17) is 9.88 Å². The second-order valence-corrected chi connectivity index (χ2v) is 8.49. The van der Waals surface area contributed by atoms with Gasteiger partial charge in [-0.1, -0.05) is 0 Å². The number of carbonyl (C=O) groups is 3. The van der Waals surface area contributed by atoms with Crippen LogP contribution in [0, 0.1) is 13.8 Å². The fraction of sp³-hybridized carbons (Fsp3) is 0.312. The number of Topliss-reactive ketones (excluding diaryl/α,β-unsaturated/α-hetero) is 2. The van der Waals surface area contributed by atoms with Crippen LogP contribution in [-0.2, 0) is 14.8 Å². The number of carbonyl (C=O) groups excluding carboxylic acids is 3. The summed E-state index contributed by atoms with van der Waals surface area (Å²) >= 11 is 0.785. The van der Waals surface area contributed by atoms with Crippen molar-refractivity contribution in [3.05, 3.63) is 39.5 Å². The number of hydrogen-bond donors (Lipinski definition) is 2. The van der Waals surface area contributed by atoms with Crippen LogP contribution in [0.15, 0.2) is 15.7 Å². The van der Waals surface area contributed by atoms with Gasteiger partial charge in [-0.3, -0.25) is 9.59 Å². The molecule has 2 aromatic rings. The number of rotatable bonds is 6. The first-order valence-electron chi connectivity index (χ1n) is 7.50. The molecule has 0 unspecified atom stereocenters. The van der Waals surface area contributed by atoms with Crippen LogP contribution in [0.5, 0.6) is 0 Å². The number of ether oxygens (including phenoxy) is 1. The van der Waals surface area contributed by atoms with Gasteiger partial charge in [0, 0.05) is 16.6 Å². The molecule has 0 aliphatic heterocycles. The maximum atomic E-state index is 12.6. The van der Waals surface area contributed by atoms with Crippen LogP contribution in [0.4, 0.5) is 0 Å². The highest BCUT2D eigenvalue weighted by Crippen LogP contribution is 2.22. The van der Waals surface area contributed by atoms with Crippen LogP contribution >= 0.6 is 11.3 Å². The van der Waals surface area contributed by atoms with Crippen LogP contribution in [0.2, 0.25) is 0 Å². The van der Waals surface area contributed by atoms with Crippen molar-refractivity contribution in [1.82, 2.24) is 4.98 Å². The molecule has 3 N–H and O–H groups in total. The standard InChI is InChI=1S/C16H18N2O6S2/c1-7-13(9(3)19)8(2)18-14(7)15(20)10(4)24-16(21)11-5-12(25-6-11)26(17,22)23/h5-6,10,18H,1-4H3,(H2,17,22,23)/t10-/m1/s1. The van der Waals surface area contributed by atoms with Crippen LogP contribution < -0.4 is 5.14 Å². The van der Waals surface area contributed by atoms with Crippen molar-refractivity contribution >= 4 is 38.9 Å². The van der Waals surface area contributed by atoms with Gasteiger partial charge in [-0.05, 0) is 39.3 Å². The highest BCUT2D eigenvalue weighted by Gasteiger charge is 2.27. The molecule has 26 heavy (non-hydrogen) atoms. The molecule has 0 saturated heterocycles. The lowest BCUT2D eigenvalue weighted by atomic mass is 10.0. The van der Waals surface area contributed by atoms with E-state index in [0.717, 1.165) is 17.4 Å². The minimum atomic E-state index is -3.91. The fourth-order valence-corrected chi connectivity index (χ4v) is 4.16. The molecule has 1 atom stereocenters. The largest absolute Gasteiger partial charge is 0.451 e. The monoisotopic (exact) mass is 398 g/mol. The predicted octanol–water partition coefficient (Wildman–Crippen LogP) is 1.97. The lowest BCUT2D eigenvalue weighted by Crippen LogP contribution is -2.25. The molecule has 2 aromatic heterocycles. The molecule has 0 amide bonds. The van der Waals surface area contributed by atoms with E-state index in [2.05, 4.69) is 4.98 Å². The fourth-order valence-electron chi connectivity index (χ4n) is 2.58. The maximum absolute atomic E-state index is 12.6. The number of nitrogens with one attached hydrogen (secondary N) is 1. The molecule has 0 bridgehead atoms. The number of aryl methyl sites for hydroxylation is 1. The van der Waals surface area contributed by atoms with E-state index in [1.807, 2.05) is 0 Å². The number of H-pyrrole nitrogens is 1. The Morgan fingerprint density at radius 1 is 1.27 bits per heavy atom. The molecule has 2 heterocycles. The summed E-state index contributed by atoms with van der Waals surface area (Å²) in [6.07, 6.45) is -1.13. The summed E-state index contributed by atoms with van der Waals surface area (Å²) in [6.45, 7) is 6.12. The number of ketones is 2. The zero-order valence-electron chi connectivity index (χ0n) is 14.6. The highest BCUT2D eigenvalue weighted by molar-refractivity contribution is 7.91. The number of aromatic nitrogens is 1. The molecule has 10 heteroatoms. The average molecular weight is 398 g/mol. The second kappa shape index (κ2) is 7.14. The van der Waals surface area contributed by atoms with Crippen molar-refractivity contribution < 1.29 is 27.5 Å². The van der Waals surface area contributed by atoms with Gasteiger partial charge in [0.1, 0.15) is 4.21 Å². The molecule has 140 valence electrons. The molecular formula is C16H18N2O6S2. The number of primary sulfonamides is 1. The van der Waals surface area contributed by atoms with E-state index >= 15 is 0 Å². The molecule has 0 aromatic carbocycles. The quantitative estimate of drug-likeness (QED) is 0.564. The molecular weight excluding hydrogens is 380 g/mol. The van der Waals surface area contributed by atoms with Crippen molar-refractivity contribution in [3.8, 4) is 0 Å². The minimum Gasteiger partial charge on any atom is -0.451 e. The first-order chi connectivity index (χ1) is 11.9. The summed E-state index contributed by atoms with van der Waals surface area (Å²) in [5.74, 6) is -1.51. The Hall–Kier alpha value is -2.30. The van der Waals surface area contributed by atoms with E-state index in [1.54, 1.807) is 13.8 Å². The zero-order valence-corrected chi connectivity index (χ0v) is 16.2. The van der Waals surface area contributed by atoms with E-state index in [1.165, 1.54) is 19.2 Å². The number of nitrogens with two attached hydrogens (primary N) is 1. The van der Waals surface area contributed by atoms with Gasteiger partial charge < -0.3 is 9.72 Å². The molecule has 0 fully saturated rings. The van der Waals surface area contributed by atoms with Gasteiger partial charge in [-0.15, -0.1) is 11.3 Å². The van der Waals surface area contributed by atoms with E-state index in [9.17, 15) is 22.8 Å². The van der Waals surface area contributed by atoms with Gasteiger partial charge in [0.25, 0.3) is 0 Å². The molecule has 2 rings (SSSR count). The Morgan fingerprint density at radius 2 is 1.88 bits per heavy atom. The third-order valence-corrected chi connectivity index (χ3v) is 6.17. The van der Waals surface area contributed by atoms with Crippen LogP contribution in [0.25, 0.3) is 0 Å². The summed E-state index contributed by atoms with van der Waals surface area (Å²) < 4.78 is 27.5. The molecule has 0 saturated carbocycles. The van der Waals surface area contributed by atoms with Gasteiger partial charge in [-0.2, -0.15) is 0 Å². The number of thiophene rings is 1. The average Bonchev–Trinajstić information content (AvgIpc) is 3.11. The van der Waals surface area contributed by atoms with Gasteiger partial charge in [0.15, 0.2) is 11.9 Å². The summed E-state index contributed by atoms with van der Waals surface area (Å²) in [7, 11) is -3.91. The molecule has 0 aliphatic rings. The Morgan fingerprint density at radius 3 is 2.35 bits per heavy atom. The van der Waals surface area contributed by atoms with Crippen molar-refractivity contribution in [3.63, 3.8) is 0 Å². The minimum absolute atomic E-state index is 0.0116. The van der Waals surface area contributed by atoms with Crippen molar-refractivity contribution in [2.75, 3.05) is 0 Å². The first kappa shape index (κ1) is 20.0. The van der Waals surface area contributed by atoms with Crippen LogP contribution in [-0.4, -0.2) is 37.0 Å². The van der Waals surface area contributed by atoms with Crippen molar-refractivity contribution in [2.24, 2.45) is 5.14 Å². The molecule has 0 radical (unpaired) electrons.